The van der Waals surface area contributed by atoms with Crippen molar-refractivity contribution >= 4 is 29.2 Å². The van der Waals surface area contributed by atoms with Gasteiger partial charge in [0.2, 0.25) is 5.95 Å². The SMILES string of the molecule is C[C@]1(c2cc(NC(=O)c3nn(C(F)F)cc3Cl)cnc2F)C[C@@H](C(F)(F)F)OC(N)=N1. The third-order valence-corrected chi connectivity index (χ3v) is 4.62. The molecule has 0 saturated heterocycles. The Kier molecular flexibility index (Phi) is 5.78. The molecule has 2 atom stereocenters. The number of halogens is 7. The van der Waals surface area contributed by atoms with Crippen molar-refractivity contribution in [3.63, 3.8) is 0 Å². The summed E-state index contributed by atoms with van der Waals surface area (Å²) < 4.78 is 83.8. The van der Waals surface area contributed by atoms with Crippen LogP contribution < -0.4 is 11.1 Å². The zero-order valence-corrected chi connectivity index (χ0v) is 16.2. The lowest BCUT2D eigenvalue weighted by atomic mass is 9.86. The third-order valence-electron chi connectivity index (χ3n) is 4.35. The lowest BCUT2D eigenvalue weighted by Gasteiger charge is -2.35. The maximum Gasteiger partial charge on any atom is 0.425 e. The number of rotatable bonds is 4. The molecule has 0 spiro atoms. The molecule has 0 radical (unpaired) electrons. The first kappa shape index (κ1) is 22.7. The van der Waals surface area contributed by atoms with Gasteiger partial charge < -0.3 is 15.8 Å². The van der Waals surface area contributed by atoms with E-state index in [2.05, 4.69) is 25.1 Å². The first-order valence-corrected chi connectivity index (χ1v) is 8.77. The Morgan fingerprint density at radius 3 is 2.71 bits per heavy atom. The maximum absolute atomic E-state index is 14.4. The summed E-state index contributed by atoms with van der Waals surface area (Å²) in [6, 6.07) is 0.197. The number of carbonyl (C=O) groups excluding carboxylic acids is 1. The first-order chi connectivity index (χ1) is 14.3. The molecule has 2 aromatic rings. The number of amidine groups is 1. The molecule has 1 amide bonds. The van der Waals surface area contributed by atoms with Gasteiger partial charge in [-0.05, 0) is 13.0 Å². The van der Waals surface area contributed by atoms with Crippen LogP contribution >= 0.6 is 11.6 Å². The highest BCUT2D eigenvalue weighted by atomic mass is 35.5. The Labute approximate surface area is 175 Å². The lowest BCUT2D eigenvalue weighted by Crippen LogP contribution is -2.46. The number of anilines is 1. The Bertz CT molecular complexity index is 1040. The summed E-state index contributed by atoms with van der Waals surface area (Å²) in [4.78, 5) is 19.5. The molecule has 0 bridgehead atoms. The van der Waals surface area contributed by atoms with Crippen molar-refractivity contribution in [3.05, 3.63) is 40.7 Å². The molecule has 3 N–H and O–H groups in total. The molecule has 0 aromatic carbocycles. The Morgan fingerprint density at radius 2 is 2.13 bits per heavy atom. The number of alkyl halides is 5. The molecule has 0 aliphatic carbocycles. The number of ether oxygens (including phenoxy) is 1. The summed E-state index contributed by atoms with van der Waals surface area (Å²) in [6.45, 7) is -1.86. The number of nitrogens with one attached hydrogen (secondary N) is 1. The van der Waals surface area contributed by atoms with Crippen molar-refractivity contribution in [1.82, 2.24) is 14.8 Å². The van der Waals surface area contributed by atoms with Crippen LogP contribution in [0.2, 0.25) is 5.02 Å². The van der Waals surface area contributed by atoms with E-state index in [0.717, 1.165) is 18.5 Å². The molecule has 1 aliphatic heterocycles. The number of hydrogen-bond donors (Lipinski definition) is 2. The van der Waals surface area contributed by atoms with Gasteiger partial charge in [-0.25, -0.2) is 14.7 Å². The second kappa shape index (κ2) is 7.90. The summed E-state index contributed by atoms with van der Waals surface area (Å²) >= 11 is 5.72. The topological polar surface area (TPSA) is 107 Å². The smallest absolute Gasteiger partial charge is 0.425 e. The normalized spacial score (nSPS) is 21.6. The van der Waals surface area contributed by atoms with Gasteiger partial charge in [-0.1, -0.05) is 11.6 Å². The van der Waals surface area contributed by atoms with E-state index in [0.29, 0.717) is 0 Å². The van der Waals surface area contributed by atoms with Gasteiger partial charge >= 0.3 is 12.7 Å². The molecular weight excluding hydrogens is 458 g/mol. The quantitative estimate of drug-likeness (QED) is 0.524. The number of pyridine rings is 1. The average molecular weight is 471 g/mol. The van der Waals surface area contributed by atoms with Crippen LogP contribution in [0.1, 0.15) is 35.9 Å². The molecule has 168 valence electrons. The molecule has 0 fully saturated rings. The summed E-state index contributed by atoms with van der Waals surface area (Å²) in [5.41, 5.74) is 2.40. The van der Waals surface area contributed by atoms with Crippen LogP contribution in [0.15, 0.2) is 23.5 Å². The van der Waals surface area contributed by atoms with Gasteiger partial charge in [0, 0.05) is 12.0 Å². The van der Waals surface area contributed by atoms with E-state index in [1.165, 1.54) is 6.92 Å². The number of amides is 1. The number of carbonyl (C=O) groups is 1. The maximum atomic E-state index is 14.4. The summed E-state index contributed by atoms with van der Waals surface area (Å²) in [5, 5.41) is 5.19. The van der Waals surface area contributed by atoms with Gasteiger partial charge in [0.15, 0.2) is 11.8 Å². The molecule has 31 heavy (non-hydrogen) atoms. The molecular formula is C16H13ClF6N6O2. The zero-order valence-electron chi connectivity index (χ0n) is 15.4. The minimum absolute atomic E-state index is 0.156. The fourth-order valence-electron chi connectivity index (χ4n) is 2.92. The van der Waals surface area contributed by atoms with Crippen molar-refractivity contribution in [2.45, 2.75) is 37.7 Å². The van der Waals surface area contributed by atoms with Gasteiger partial charge in [-0.3, -0.25) is 4.79 Å². The van der Waals surface area contributed by atoms with E-state index >= 15 is 0 Å². The van der Waals surface area contributed by atoms with Crippen LogP contribution in [-0.2, 0) is 10.3 Å². The third kappa shape index (κ3) is 4.68. The minimum Gasteiger partial charge on any atom is -0.452 e. The van der Waals surface area contributed by atoms with E-state index in [1.54, 1.807) is 0 Å². The van der Waals surface area contributed by atoms with Crippen LogP contribution in [0.3, 0.4) is 0 Å². The van der Waals surface area contributed by atoms with Gasteiger partial charge in [-0.15, -0.1) is 0 Å². The number of aliphatic imine (C=N–C) groups is 1. The highest BCUT2D eigenvalue weighted by molar-refractivity contribution is 6.34. The highest BCUT2D eigenvalue weighted by Crippen LogP contribution is 2.41. The fourth-order valence-corrected chi connectivity index (χ4v) is 3.15. The molecule has 0 saturated carbocycles. The van der Waals surface area contributed by atoms with Gasteiger partial charge in [0.1, 0.15) is 0 Å². The van der Waals surface area contributed by atoms with Gasteiger partial charge in [-0.2, -0.15) is 31.4 Å². The first-order valence-electron chi connectivity index (χ1n) is 8.39. The van der Waals surface area contributed by atoms with E-state index in [1.807, 2.05) is 0 Å². The fraction of sp³-hybridized carbons (Fsp3) is 0.375. The van der Waals surface area contributed by atoms with Gasteiger partial charge in [0.25, 0.3) is 11.9 Å². The number of nitrogens with zero attached hydrogens (tertiary/aromatic N) is 4. The van der Waals surface area contributed by atoms with Crippen molar-refractivity contribution in [1.29, 1.82) is 0 Å². The van der Waals surface area contributed by atoms with E-state index in [-0.39, 0.29) is 15.4 Å². The van der Waals surface area contributed by atoms with E-state index < -0.39 is 59.9 Å². The Balaban J connectivity index is 1.92. The molecule has 8 nitrogen and oxygen atoms in total. The van der Waals surface area contributed by atoms with Crippen molar-refractivity contribution < 1.29 is 35.9 Å². The lowest BCUT2D eigenvalue weighted by molar-refractivity contribution is -0.208. The number of aromatic nitrogens is 3. The van der Waals surface area contributed by atoms with Gasteiger partial charge in [0.05, 0.1) is 28.6 Å². The summed E-state index contributed by atoms with van der Waals surface area (Å²) in [7, 11) is 0. The molecule has 1 aliphatic rings. The molecule has 3 rings (SSSR count). The number of hydrogen-bond acceptors (Lipinski definition) is 6. The minimum atomic E-state index is -4.79. The van der Waals surface area contributed by atoms with Crippen molar-refractivity contribution in [2.24, 2.45) is 10.7 Å². The molecule has 0 unspecified atom stereocenters. The van der Waals surface area contributed by atoms with Crippen LogP contribution in [0.25, 0.3) is 0 Å². The summed E-state index contributed by atoms with van der Waals surface area (Å²) in [6.07, 6.45) is -6.35. The largest absolute Gasteiger partial charge is 0.452 e. The van der Waals surface area contributed by atoms with Crippen molar-refractivity contribution in [2.75, 3.05) is 5.32 Å². The standard InChI is InChI=1S/C16H13ClF6N6O2/c1-15(3-9(16(21,22)23)31-14(24)27-15)7-2-6(4-25-11(7)18)26-12(30)10-8(17)5-29(28-10)13(19)20/h2,4-5,9,13H,3H2,1H3,(H2,24,27)(H,26,30)/t9-,15+/m0/s1. The second-order valence-electron chi connectivity index (χ2n) is 6.68. The predicted molar refractivity (Wildman–Crippen MR) is 95.2 cm³/mol. The van der Waals surface area contributed by atoms with E-state index in [4.69, 9.17) is 17.3 Å². The van der Waals surface area contributed by atoms with Crippen LogP contribution in [0.4, 0.5) is 32.0 Å². The summed E-state index contributed by atoms with van der Waals surface area (Å²) in [5.74, 6) is -2.18. The Morgan fingerprint density at radius 1 is 1.45 bits per heavy atom. The van der Waals surface area contributed by atoms with Crippen LogP contribution in [-0.4, -0.2) is 39.0 Å². The zero-order chi connectivity index (χ0) is 23.1. The average Bonchev–Trinajstić information content (AvgIpc) is 3.04. The number of nitrogens with two attached hydrogens (primary N) is 1. The molecule has 3 heterocycles. The monoisotopic (exact) mass is 470 g/mol. The molecule has 2 aromatic heterocycles. The van der Waals surface area contributed by atoms with Crippen molar-refractivity contribution in [3.8, 4) is 0 Å². The van der Waals surface area contributed by atoms with E-state index in [9.17, 15) is 31.1 Å². The second-order valence-corrected chi connectivity index (χ2v) is 7.08. The Hall–Kier alpha value is -3.03. The predicted octanol–water partition coefficient (Wildman–Crippen LogP) is 3.60. The van der Waals surface area contributed by atoms with Crippen LogP contribution in [0, 0.1) is 5.95 Å². The van der Waals surface area contributed by atoms with Crippen LogP contribution in [0.5, 0.6) is 0 Å². The highest BCUT2D eigenvalue weighted by Gasteiger charge is 2.50. The molecule has 15 heteroatoms.